The number of carboxylic acid groups (broad SMARTS) is 1. The predicted octanol–water partition coefficient (Wildman–Crippen LogP) is 1.67. The third-order valence-electron chi connectivity index (χ3n) is 2.83. The molecule has 1 atom stereocenters. The molecule has 1 aromatic rings. The summed E-state index contributed by atoms with van der Waals surface area (Å²) in [6.45, 7) is 0.246. The first-order valence-corrected chi connectivity index (χ1v) is 6.23. The van der Waals surface area contributed by atoms with Gasteiger partial charge in [-0.3, -0.25) is 0 Å². The number of halogens is 3. The Morgan fingerprint density at radius 2 is 1.91 bits per heavy atom. The molecule has 10 heteroatoms. The van der Waals surface area contributed by atoms with Crippen LogP contribution in [0.2, 0.25) is 0 Å². The number of carbonyl (C=O) groups excluding carboxylic acids is 1. The monoisotopic (exact) mass is 336 g/mol. The Kier molecular flexibility index (Phi) is 5.43. The van der Waals surface area contributed by atoms with Crippen molar-refractivity contribution in [3.05, 3.63) is 23.8 Å². The van der Waals surface area contributed by atoms with E-state index in [0.29, 0.717) is 6.07 Å². The van der Waals surface area contributed by atoms with Gasteiger partial charge in [0.05, 0.1) is 24.9 Å². The molecule has 0 bridgehead atoms. The first-order chi connectivity index (χ1) is 10.5. The number of aliphatic hydroxyl groups is 1. The number of carbonyl (C=O) groups is 2. The maximum atomic E-state index is 13.0. The lowest BCUT2D eigenvalue weighted by atomic mass is 10.1. The second kappa shape index (κ2) is 6.73. The van der Waals surface area contributed by atoms with Gasteiger partial charge in [0, 0.05) is 0 Å². The van der Waals surface area contributed by atoms with Crippen LogP contribution in [0.25, 0.3) is 0 Å². The van der Waals surface area contributed by atoms with Crippen LogP contribution in [0.4, 0.5) is 23.7 Å². The molecule has 0 aliphatic carbocycles. The van der Waals surface area contributed by atoms with Crippen molar-refractivity contribution in [3.63, 3.8) is 0 Å². The highest BCUT2D eigenvalue weighted by molar-refractivity contribution is 5.91. The van der Waals surface area contributed by atoms with E-state index in [4.69, 9.17) is 9.84 Å². The van der Waals surface area contributed by atoms with Crippen LogP contribution >= 0.6 is 0 Å². The maximum absolute atomic E-state index is 13.0. The number of nitrogens with one attached hydrogen (secondary N) is 2. The number of hydrogen-bond donors (Lipinski definition) is 4. The van der Waals surface area contributed by atoms with Gasteiger partial charge in [-0.1, -0.05) is 0 Å². The van der Waals surface area contributed by atoms with Crippen molar-refractivity contribution in [3.8, 4) is 5.75 Å². The topological polar surface area (TPSA) is 108 Å². The molecule has 23 heavy (non-hydrogen) atoms. The average Bonchev–Trinajstić information content (AvgIpc) is 2.44. The van der Waals surface area contributed by atoms with Crippen LogP contribution in [0.15, 0.2) is 18.2 Å². The van der Waals surface area contributed by atoms with E-state index in [9.17, 15) is 27.9 Å². The number of methoxy groups -OCH3 is 1. The lowest BCUT2D eigenvalue weighted by Gasteiger charge is -2.19. The minimum Gasteiger partial charge on any atom is -0.497 e. The number of aliphatic carboxylic acids is 1. The van der Waals surface area contributed by atoms with Crippen LogP contribution in [0.3, 0.4) is 0 Å². The van der Waals surface area contributed by atoms with Gasteiger partial charge in [0.25, 0.3) is 0 Å². The molecule has 0 radical (unpaired) electrons. The van der Waals surface area contributed by atoms with Crippen molar-refractivity contribution in [2.45, 2.75) is 18.7 Å². The molecule has 0 aliphatic rings. The van der Waals surface area contributed by atoms with Gasteiger partial charge in [0.2, 0.25) is 0 Å². The van der Waals surface area contributed by atoms with E-state index in [1.807, 2.05) is 10.6 Å². The van der Waals surface area contributed by atoms with Gasteiger partial charge in [-0.2, -0.15) is 13.2 Å². The number of ether oxygens (including phenoxy) is 1. The lowest BCUT2D eigenvalue weighted by molar-refractivity contribution is -0.155. The van der Waals surface area contributed by atoms with Crippen LogP contribution in [-0.4, -0.2) is 41.5 Å². The summed E-state index contributed by atoms with van der Waals surface area (Å²) in [6.07, 6.45) is -4.73. The third kappa shape index (κ3) is 5.02. The Morgan fingerprint density at radius 3 is 2.39 bits per heavy atom. The first kappa shape index (κ1) is 18.6. The molecule has 0 spiro atoms. The highest BCUT2D eigenvalue weighted by atomic mass is 19.4. The molecule has 0 saturated heterocycles. The van der Waals surface area contributed by atoms with Crippen molar-refractivity contribution in [1.29, 1.82) is 0 Å². The zero-order chi connectivity index (χ0) is 17.8. The molecular formula is C13H15F3N2O5. The molecule has 128 valence electrons. The number of anilines is 1. The third-order valence-corrected chi connectivity index (χ3v) is 2.83. The molecule has 2 amide bonds. The summed E-state index contributed by atoms with van der Waals surface area (Å²) in [7, 11) is 1.20. The van der Waals surface area contributed by atoms with Gasteiger partial charge < -0.3 is 25.6 Å². The molecule has 4 N–H and O–H groups in total. The zero-order valence-electron chi connectivity index (χ0n) is 12.2. The van der Waals surface area contributed by atoms with Crippen molar-refractivity contribution >= 4 is 17.7 Å². The predicted molar refractivity (Wildman–Crippen MR) is 73.3 cm³/mol. The van der Waals surface area contributed by atoms with E-state index in [2.05, 4.69) is 0 Å². The number of hydrogen-bond acceptors (Lipinski definition) is 4. The molecule has 1 aromatic carbocycles. The molecule has 0 saturated carbocycles. The fourth-order valence-electron chi connectivity index (χ4n) is 1.49. The van der Waals surface area contributed by atoms with E-state index in [-0.39, 0.29) is 5.75 Å². The van der Waals surface area contributed by atoms with Gasteiger partial charge >= 0.3 is 18.2 Å². The number of alkyl halides is 3. The van der Waals surface area contributed by atoms with Gasteiger partial charge in [-0.25, -0.2) is 9.59 Å². The first-order valence-electron chi connectivity index (χ1n) is 6.23. The molecular weight excluding hydrogens is 321 g/mol. The Labute approximate surface area is 129 Å². The second-order valence-electron chi connectivity index (χ2n) is 4.80. The normalized spacial score (nSPS) is 13.8. The summed E-state index contributed by atoms with van der Waals surface area (Å²) in [6, 6.07) is 1.83. The average molecular weight is 336 g/mol. The zero-order valence-corrected chi connectivity index (χ0v) is 12.2. The smallest absolute Gasteiger partial charge is 0.418 e. The molecule has 0 heterocycles. The number of amides is 2. The van der Waals surface area contributed by atoms with Crippen molar-refractivity contribution in [2.24, 2.45) is 0 Å². The lowest BCUT2D eigenvalue weighted by Crippen LogP contribution is -2.47. The summed E-state index contributed by atoms with van der Waals surface area (Å²) in [4.78, 5) is 22.3. The minimum absolute atomic E-state index is 0.0444. The molecule has 0 fully saturated rings. The minimum atomic E-state index is -4.73. The Morgan fingerprint density at radius 1 is 1.30 bits per heavy atom. The van der Waals surface area contributed by atoms with Crippen LogP contribution in [0.5, 0.6) is 5.75 Å². The summed E-state index contributed by atoms with van der Waals surface area (Å²) < 4.78 is 43.6. The van der Waals surface area contributed by atoms with E-state index in [1.54, 1.807) is 0 Å². The van der Waals surface area contributed by atoms with Crippen molar-refractivity contribution < 1.29 is 37.7 Å². The Bertz CT molecular complexity index is 602. The maximum Gasteiger partial charge on any atom is 0.418 e. The van der Waals surface area contributed by atoms with Crippen molar-refractivity contribution in [1.82, 2.24) is 5.32 Å². The van der Waals surface area contributed by atoms with E-state index >= 15 is 0 Å². The quantitative estimate of drug-likeness (QED) is 0.654. The summed E-state index contributed by atoms with van der Waals surface area (Å²) in [5, 5.41) is 22.0. The number of carboxylic acids is 1. The Hall–Kier alpha value is -2.49. The van der Waals surface area contributed by atoms with Crippen LogP contribution in [-0.2, 0) is 11.0 Å². The van der Waals surface area contributed by atoms with Gasteiger partial charge in [0.1, 0.15) is 5.75 Å². The highest BCUT2D eigenvalue weighted by Gasteiger charge is 2.35. The van der Waals surface area contributed by atoms with E-state index in [0.717, 1.165) is 13.0 Å². The second-order valence-corrected chi connectivity index (χ2v) is 4.80. The van der Waals surface area contributed by atoms with Crippen LogP contribution in [0.1, 0.15) is 12.5 Å². The number of rotatable bonds is 5. The molecule has 0 aliphatic heterocycles. The largest absolute Gasteiger partial charge is 0.497 e. The molecule has 0 aromatic heterocycles. The molecule has 7 nitrogen and oxygen atoms in total. The molecule has 1 unspecified atom stereocenters. The summed E-state index contributed by atoms with van der Waals surface area (Å²) >= 11 is 0. The number of urea groups is 1. The summed E-state index contributed by atoms with van der Waals surface area (Å²) in [5.74, 6) is -1.63. The molecule has 1 rings (SSSR count). The Balaban J connectivity index is 2.88. The fraction of sp³-hybridized carbons (Fsp3) is 0.385. The van der Waals surface area contributed by atoms with Gasteiger partial charge in [-0.15, -0.1) is 0 Å². The van der Waals surface area contributed by atoms with Gasteiger partial charge in [0.15, 0.2) is 5.60 Å². The van der Waals surface area contributed by atoms with Crippen molar-refractivity contribution in [2.75, 3.05) is 19.0 Å². The van der Waals surface area contributed by atoms with Gasteiger partial charge in [-0.05, 0) is 25.1 Å². The fourth-order valence-corrected chi connectivity index (χ4v) is 1.49. The van der Waals surface area contributed by atoms with Crippen LogP contribution in [0, 0.1) is 0 Å². The summed E-state index contributed by atoms with van der Waals surface area (Å²) in [5.41, 5.74) is -3.91. The van der Waals surface area contributed by atoms with E-state index in [1.165, 1.54) is 13.2 Å². The SMILES string of the molecule is COc1ccc(NC(=O)NCC(C)(O)C(=O)O)c(C(F)(F)F)c1. The van der Waals surface area contributed by atoms with E-state index < -0.39 is 41.6 Å². The number of benzene rings is 1. The highest BCUT2D eigenvalue weighted by Crippen LogP contribution is 2.37. The van der Waals surface area contributed by atoms with Crippen LogP contribution < -0.4 is 15.4 Å². The standard InChI is InChI=1S/C13H15F3N2O5/c1-12(22,10(19)20)6-17-11(21)18-9-4-3-7(23-2)5-8(9)13(14,15)16/h3-5,22H,6H2,1-2H3,(H,19,20)(H2,17,18,21).